The van der Waals surface area contributed by atoms with E-state index in [9.17, 15) is 0 Å². The second kappa shape index (κ2) is 9.53. The lowest BCUT2D eigenvalue weighted by atomic mass is 10.3. The summed E-state index contributed by atoms with van der Waals surface area (Å²) in [7, 11) is 3.59. The minimum atomic E-state index is 0.526. The number of hydrogen-bond acceptors (Lipinski definition) is 3. The van der Waals surface area contributed by atoms with Crippen LogP contribution in [0.5, 0.6) is 5.88 Å². The van der Waals surface area contributed by atoms with Gasteiger partial charge in [0, 0.05) is 38.6 Å². The Bertz CT molecular complexity index is 713. The van der Waals surface area contributed by atoms with E-state index in [1.807, 2.05) is 29.8 Å². The van der Waals surface area contributed by atoms with Crippen molar-refractivity contribution >= 4 is 29.2 Å². The molecular weight excluding hydrogens is 361 g/mol. The lowest BCUT2D eigenvalue weighted by Gasteiger charge is -2.12. The van der Waals surface area contributed by atoms with E-state index in [2.05, 4.69) is 27.5 Å². The van der Waals surface area contributed by atoms with Crippen LogP contribution in [0.15, 0.2) is 29.4 Å². The average molecular weight is 384 g/mol. The Hall–Kier alpha value is -1.92. The molecule has 0 aliphatic carbocycles. The number of pyridine rings is 1. The fraction of sp³-hybridized carbons (Fsp3) is 0.412. The summed E-state index contributed by atoms with van der Waals surface area (Å²) in [5, 5.41) is 7.54. The van der Waals surface area contributed by atoms with Gasteiger partial charge in [-0.25, -0.2) is 4.98 Å². The molecule has 6 nitrogen and oxygen atoms in total. The lowest BCUT2D eigenvalue weighted by molar-refractivity contribution is 0.305. The summed E-state index contributed by atoms with van der Waals surface area (Å²) in [6.45, 7) is 3.91. The summed E-state index contributed by atoms with van der Waals surface area (Å²) in [6, 6.07) is 5.69. The van der Waals surface area contributed by atoms with Crippen LogP contribution in [-0.4, -0.2) is 29.2 Å². The molecular formula is C17H23Cl2N5O. The zero-order valence-corrected chi connectivity index (χ0v) is 16.2. The zero-order valence-electron chi connectivity index (χ0n) is 14.6. The standard InChI is InChI=1S/C17H23Cl2N5O/c1-4-7-25-15-6-5-12(9-21-15)10-22-17(20-2)23-11-13-8-14(18)16(19)24(13)3/h5-6,8-9H,4,7,10-11H2,1-3H3,(H2,20,22,23). The molecule has 0 aliphatic heterocycles. The lowest BCUT2D eigenvalue weighted by Crippen LogP contribution is -2.36. The van der Waals surface area contributed by atoms with Gasteiger partial charge in [0.25, 0.3) is 0 Å². The van der Waals surface area contributed by atoms with Gasteiger partial charge in [0.1, 0.15) is 5.15 Å². The zero-order chi connectivity index (χ0) is 18.2. The molecule has 2 rings (SSSR count). The summed E-state index contributed by atoms with van der Waals surface area (Å²) < 4.78 is 7.31. The Morgan fingerprint density at radius 1 is 1.28 bits per heavy atom. The van der Waals surface area contributed by atoms with E-state index < -0.39 is 0 Å². The number of nitrogens with one attached hydrogen (secondary N) is 2. The molecule has 2 aromatic heterocycles. The van der Waals surface area contributed by atoms with E-state index in [1.54, 1.807) is 13.2 Å². The highest BCUT2D eigenvalue weighted by molar-refractivity contribution is 6.41. The number of aromatic nitrogens is 2. The Labute approximate surface area is 158 Å². The Morgan fingerprint density at radius 3 is 2.60 bits per heavy atom. The molecule has 0 aromatic carbocycles. The van der Waals surface area contributed by atoms with Gasteiger partial charge in [-0.05, 0) is 18.1 Å². The van der Waals surface area contributed by atoms with Gasteiger partial charge in [0.15, 0.2) is 5.96 Å². The van der Waals surface area contributed by atoms with E-state index in [-0.39, 0.29) is 0 Å². The van der Waals surface area contributed by atoms with Crippen molar-refractivity contribution in [1.29, 1.82) is 0 Å². The maximum Gasteiger partial charge on any atom is 0.213 e. The number of guanidine groups is 1. The number of ether oxygens (including phenoxy) is 1. The maximum atomic E-state index is 6.07. The van der Waals surface area contributed by atoms with Crippen LogP contribution in [-0.2, 0) is 20.1 Å². The molecule has 8 heteroatoms. The Kier molecular flexibility index (Phi) is 7.40. The van der Waals surface area contributed by atoms with Gasteiger partial charge < -0.3 is 19.9 Å². The predicted octanol–water partition coefficient (Wildman–Crippen LogP) is 3.38. The van der Waals surface area contributed by atoms with Crippen LogP contribution >= 0.6 is 23.2 Å². The van der Waals surface area contributed by atoms with Crippen LogP contribution in [0.4, 0.5) is 0 Å². The number of aliphatic imine (C=N–C) groups is 1. The van der Waals surface area contributed by atoms with E-state index in [1.165, 1.54) is 0 Å². The van der Waals surface area contributed by atoms with Crippen LogP contribution in [0.25, 0.3) is 0 Å². The molecule has 2 heterocycles. The predicted molar refractivity (Wildman–Crippen MR) is 102 cm³/mol. The van der Waals surface area contributed by atoms with Crippen LogP contribution in [0, 0.1) is 0 Å². The van der Waals surface area contributed by atoms with Gasteiger partial charge in [0.05, 0.1) is 18.2 Å². The highest BCUT2D eigenvalue weighted by atomic mass is 35.5. The number of rotatable bonds is 7. The van der Waals surface area contributed by atoms with Gasteiger partial charge in [-0.1, -0.05) is 36.2 Å². The third-order valence-corrected chi connectivity index (χ3v) is 4.43. The van der Waals surface area contributed by atoms with Crippen LogP contribution in [0.2, 0.25) is 10.2 Å². The molecule has 0 spiro atoms. The molecule has 2 N–H and O–H groups in total. The summed E-state index contributed by atoms with van der Waals surface area (Å²) >= 11 is 12.1. The monoisotopic (exact) mass is 383 g/mol. The van der Waals surface area contributed by atoms with Crippen molar-refractivity contribution < 1.29 is 4.74 Å². The molecule has 2 aromatic rings. The molecule has 0 aliphatic rings. The van der Waals surface area contributed by atoms with Crippen LogP contribution < -0.4 is 15.4 Å². The average Bonchev–Trinajstić information content (AvgIpc) is 2.88. The number of nitrogens with zero attached hydrogens (tertiary/aromatic N) is 3. The minimum Gasteiger partial charge on any atom is -0.478 e. The molecule has 0 atom stereocenters. The Morgan fingerprint density at radius 2 is 2.04 bits per heavy atom. The van der Waals surface area contributed by atoms with E-state index in [0.717, 1.165) is 17.7 Å². The van der Waals surface area contributed by atoms with E-state index in [0.29, 0.717) is 41.7 Å². The largest absolute Gasteiger partial charge is 0.478 e. The summed E-state index contributed by atoms with van der Waals surface area (Å²) in [5.41, 5.74) is 2.01. The fourth-order valence-electron chi connectivity index (χ4n) is 2.15. The summed E-state index contributed by atoms with van der Waals surface area (Å²) in [4.78, 5) is 8.49. The van der Waals surface area contributed by atoms with Gasteiger partial charge in [-0.3, -0.25) is 4.99 Å². The number of hydrogen-bond donors (Lipinski definition) is 2. The highest BCUT2D eigenvalue weighted by Gasteiger charge is 2.09. The van der Waals surface area contributed by atoms with Crippen molar-refractivity contribution in [3.8, 4) is 5.88 Å². The summed E-state index contributed by atoms with van der Waals surface area (Å²) in [6.07, 6.45) is 2.76. The first-order valence-corrected chi connectivity index (χ1v) is 8.82. The van der Waals surface area contributed by atoms with E-state index >= 15 is 0 Å². The van der Waals surface area contributed by atoms with Crippen molar-refractivity contribution in [2.45, 2.75) is 26.4 Å². The molecule has 25 heavy (non-hydrogen) atoms. The first-order chi connectivity index (χ1) is 12.0. The molecule has 0 fully saturated rings. The molecule has 0 amide bonds. The van der Waals surface area contributed by atoms with Crippen molar-refractivity contribution in [1.82, 2.24) is 20.2 Å². The second-order valence-corrected chi connectivity index (χ2v) is 6.23. The van der Waals surface area contributed by atoms with Gasteiger partial charge in [-0.2, -0.15) is 0 Å². The maximum absolute atomic E-state index is 6.07. The van der Waals surface area contributed by atoms with Crippen LogP contribution in [0.3, 0.4) is 0 Å². The SMILES string of the molecule is CCCOc1ccc(CNC(=NC)NCc2cc(Cl)c(Cl)n2C)cn1. The summed E-state index contributed by atoms with van der Waals surface area (Å²) in [5.74, 6) is 1.32. The number of halogens is 2. The minimum absolute atomic E-state index is 0.526. The first kappa shape index (κ1) is 19.4. The molecule has 0 saturated carbocycles. The smallest absolute Gasteiger partial charge is 0.213 e. The van der Waals surface area contributed by atoms with Crippen molar-refractivity contribution in [2.24, 2.45) is 12.0 Å². The van der Waals surface area contributed by atoms with Crippen molar-refractivity contribution in [2.75, 3.05) is 13.7 Å². The van der Waals surface area contributed by atoms with Crippen LogP contribution in [0.1, 0.15) is 24.6 Å². The van der Waals surface area contributed by atoms with Gasteiger partial charge >= 0.3 is 0 Å². The Balaban J connectivity index is 1.84. The van der Waals surface area contributed by atoms with Gasteiger partial charge in [-0.15, -0.1) is 0 Å². The molecule has 0 saturated heterocycles. The van der Waals surface area contributed by atoms with E-state index in [4.69, 9.17) is 27.9 Å². The first-order valence-electron chi connectivity index (χ1n) is 8.07. The highest BCUT2D eigenvalue weighted by Crippen LogP contribution is 2.24. The topological polar surface area (TPSA) is 63.5 Å². The third-order valence-electron chi connectivity index (χ3n) is 3.59. The molecule has 0 bridgehead atoms. The van der Waals surface area contributed by atoms with Gasteiger partial charge in [0.2, 0.25) is 5.88 Å². The fourth-order valence-corrected chi connectivity index (χ4v) is 2.56. The molecule has 0 unspecified atom stereocenters. The van der Waals surface area contributed by atoms with Crippen molar-refractivity contribution in [3.05, 3.63) is 45.8 Å². The quantitative estimate of drug-likeness (QED) is 0.568. The normalized spacial score (nSPS) is 11.5. The van der Waals surface area contributed by atoms with Crippen molar-refractivity contribution in [3.63, 3.8) is 0 Å². The third kappa shape index (κ3) is 5.54. The molecule has 0 radical (unpaired) electrons. The molecule has 136 valence electrons. The second-order valence-electron chi connectivity index (χ2n) is 5.47.